The summed E-state index contributed by atoms with van der Waals surface area (Å²) in [4.78, 5) is 48.4. The number of carbonyl (C=O) groups excluding carboxylic acids is 2. The molecule has 0 spiro atoms. The number of rotatable bonds is 7. The Labute approximate surface area is 200 Å². The molecule has 0 bridgehead atoms. The molecule has 4 rings (SSSR count). The van der Waals surface area contributed by atoms with Crippen molar-refractivity contribution in [1.82, 2.24) is 20.3 Å². The molecule has 5 N–H and O–H groups in total. The van der Waals surface area contributed by atoms with Gasteiger partial charge in [0.05, 0.1) is 17.8 Å². The van der Waals surface area contributed by atoms with Gasteiger partial charge < -0.3 is 26.1 Å². The number of aromatic amines is 1. The lowest BCUT2D eigenvalue weighted by Crippen LogP contribution is -2.30. The van der Waals surface area contributed by atoms with Crippen LogP contribution < -0.4 is 26.7 Å². The molecule has 11 heteroatoms. The van der Waals surface area contributed by atoms with Crippen LogP contribution in [-0.4, -0.2) is 46.5 Å². The van der Waals surface area contributed by atoms with Crippen LogP contribution in [0.2, 0.25) is 5.02 Å². The number of H-pyrrole nitrogens is 1. The number of nitrogens with zero attached hydrogens (tertiary/aromatic N) is 2. The van der Waals surface area contributed by atoms with Crippen LogP contribution in [0.25, 0.3) is 11.0 Å². The summed E-state index contributed by atoms with van der Waals surface area (Å²) in [5, 5.41) is 6.17. The Morgan fingerprint density at radius 1 is 1.26 bits per heavy atom. The zero-order valence-corrected chi connectivity index (χ0v) is 19.3. The molecule has 2 unspecified atom stereocenters. The number of nitrogens with one attached hydrogen (secondary N) is 3. The molecule has 1 fully saturated rings. The van der Waals surface area contributed by atoms with Gasteiger partial charge in [0.1, 0.15) is 11.2 Å². The Bertz CT molecular complexity index is 1290. The zero-order valence-electron chi connectivity index (χ0n) is 18.6. The molecule has 0 saturated heterocycles. The lowest BCUT2D eigenvalue weighted by Gasteiger charge is -2.15. The second-order valence-corrected chi connectivity index (χ2v) is 8.63. The van der Waals surface area contributed by atoms with Crippen molar-refractivity contribution in [1.29, 1.82) is 0 Å². The van der Waals surface area contributed by atoms with Crippen molar-refractivity contribution < 1.29 is 14.3 Å². The van der Waals surface area contributed by atoms with Crippen LogP contribution >= 0.6 is 11.6 Å². The number of carbonyl (C=O) groups is 2. The van der Waals surface area contributed by atoms with Crippen LogP contribution in [0.15, 0.2) is 35.3 Å². The number of halogens is 1. The summed E-state index contributed by atoms with van der Waals surface area (Å²) in [5.74, 6) is -0.547. The first-order chi connectivity index (χ1) is 16.4. The number of methoxy groups -OCH3 is 1. The number of hydrogen-bond donors (Lipinski definition) is 4. The van der Waals surface area contributed by atoms with Crippen molar-refractivity contribution in [2.75, 3.05) is 19.0 Å². The summed E-state index contributed by atoms with van der Waals surface area (Å²) in [6.07, 6.45) is 5.50. The molecule has 1 aliphatic rings. The first-order valence-electron chi connectivity index (χ1n) is 10.9. The van der Waals surface area contributed by atoms with Gasteiger partial charge in [-0.2, -0.15) is 4.98 Å². The van der Waals surface area contributed by atoms with Crippen LogP contribution in [-0.2, 0) is 0 Å². The van der Waals surface area contributed by atoms with Gasteiger partial charge in [-0.15, -0.1) is 0 Å². The lowest BCUT2D eigenvalue weighted by molar-refractivity contribution is 0.0949. The topological polar surface area (TPSA) is 152 Å². The molecule has 2 atom stereocenters. The molecule has 1 saturated carbocycles. The molecule has 3 aromatic rings. The van der Waals surface area contributed by atoms with E-state index in [4.69, 9.17) is 22.1 Å². The molecular formula is C23H25ClN6O4. The second kappa shape index (κ2) is 10.2. The van der Waals surface area contributed by atoms with Gasteiger partial charge in [-0.25, -0.2) is 4.98 Å². The van der Waals surface area contributed by atoms with Gasteiger partial charge in [0.25, 0.3) is 17.4 Å². The summed E-state index contributed by atoms with van der Waals surface area (Å²) in [6, 6.07) is 6.22. The predicted molar refractivity (Wildman–Crippen MR) is 128 cm³/mol. The molecule has 2 aromatic heterocycles. The quantitative estimate of drug-likeness (QED) is 0.402. The molecule has 10 nitrogen and oxygen atoms in total. The van der Waals surface area contributed by atoms with Crippen molar-refractivity contribution in [3.8, 4) is 6.01 Å². The number of fused-ring (bicyclic) bond motifs is 1. The number of amides is 2. The van der Waals surface area contributed by atoms with E-state index in [1.54, 1.807) is 6.07 Å². The smallest absolute Gasteiger partial charge is 0.318 e. The molecule has 2 heterocycles. The van der Waals surface area contributed by atoms with Crippen LogP contribution in [0.4, 0.5) is 5.69 Å². The van der Waals surface area contributed by atoms with E-state index in [9.17, 15) is 14.4 Å². The monoisotopic (exact) mass is 484 g/mol. The number of benzene rings is 1. The maximum atomic E-state index is 12.8. The Morgan fingerprint density at radius 3 is 2.82 bits per heavy atom. The number of nitrogens with two attached hydrogens (primary N) is 1. The van der Waals surface area contributed by atoms with Gasteiger partial charge in [0.2, 0.25) is 0 Å². The maximum absolute atomic E-state index is 12.8. The van der Waals surface area contributed by atoms with Gasteiger partial charge in [-0.1, -0.05) is 18.0 Å². The molecular weight excluding hydrogens is 460 g/mol. The summed E-state index contributed by atoms with van der Waals surface area (Å²) in [7, 11) is 1.41. The highest BCUT2D eigenvalue weighted by molar-refractivity contribution is 6.34. The minimum Gasteiger partial charge on any atom is -0.467 e. The minimum atomic E-state index is -0.686. The second-order valence-electron chi connectivity index (χ2n) is 8.22. The van der Waals surface area contributed by atoms with Crippen LogP contribution in [0.3, 0.4) is 0 Å². The van der Waals surface area contributed by atoms with E-state index in [0.29, 0.717) is 23.4 Å². The number of aromatic nitrogens is 3. The SMILES string of the molecule is COc1ncc2cc(C(=O)Nc3cc(C(=O)NCCC4CCCC4N)ccc3Cl)c(=O)[nH]c2n1. The Balaban J connectivity index is 1.46. The lowest BCUT2D eigenvalue weighted by atomic mass is 10.0. The molecule has 1 aromatic carbocycles. The standard InChI is InChI=1S/C23H25ClN6O4/c1-34-23-27-11-14-9-15(22(33)29-19(14)30-23)21(32)28-18-10-13(5-6-16(18)24)20(31)26-8-7-12-3-2-4-17(12)25/h5-6,9-12,17H,2-4,7-8,25H2,1H3,(H,26,31)(H,28,32)(H,27,29,30,33). The normalized spacial score (nSPS) is 17.5. The third-order valence-electron chi connectivity index (χ3n) is 5.99. The summed E-state index contributed by atoms with van der Waals surface area (Å²) < 4.78 is 4.94. The first-order valence-corrected chi connectivity index (χ1v) is 11.3. The average Bonchev–Trinajstić information content (AvgIpc) is 3.23. The number of anilines is 1. The van der Waals surface area contributed by atoms with E-state index < -0.39 is 11.5 Å². The van der Waals surface area contributed by atoms with Gasteiger partial charge in [0, 0.05) is 29.7 Å². The molecule has 0 aliphatic heterocycles. The minimum absolute atomic E-state index is 0.0910. The highest BCUT2D eigenvalue weighted by Crippen LogP contribution is 2.27. The summed E-state index contributed by atoms with van der Waals surface area (Å²) in [5.41, 5.74) is 6.08. The van der Waals surface area contributed by atoms with Crippen LogP contribution in [0.1, 0.15) is 46.4 Å². The van der Waals surface area contributed by atoms with E-state index >= 15 is 0 Å². The fourth-order valence-corrected chi connectivity index (χ4v) is 4.26. The average molecular weight is 485 g/mol. The van der Waals surface area contributed by atoms with Crippen molar-refractivity contribution in [2.45, 2.75) is 31.7 Å². The van der Waals surface area contributed by atoms with E-state index in [2.05, 4.69) is 25.6 Å². The van der Waals surface area contributed by atoms with Crippen molar-refractivity contribution in [3.05, 3.63) is 57.0 Å². The Morgan fingerprint density at radius 2 is 2.09 bits per heavy atom. The Kier molecular flexibility index (Phi) is 7.09. The van der Waals surface area contributed by atoms with E-state index in [1.807, 2.05) is 0 Å². The van der Waals surface area contributed by atoms with Crippen molar-refractivity contribution >= 4 is 40.1 Å². The van der Waals surface area contributed by atoms with E-state index in [0.717, 1.165) is 25.7 Å². The zero-order chi connectivity index (χ0) is 24.2. The van der Waals surface area contributed by atoms with Crippen molar-refractivity contribution in [3.63, 3.8) is 0 Å². The van der Waals surface area contributed by atoms with Crippen LogP contribution in [0.5, 0.6) is 6.01 Å². The first kappa shape index (κ1) is 23.7. The van der Waals surface area contributed by atoms with E-state index in [-0.39, 0.29) is 39.9 Å². The van der Waals surface area contributed by atoms with Gasteiger partial charge in [-0.05, 0) is 49.4 Å². The van der Waals surface area contributed by atoms with Gasteiger partial charge >= 0.3 is 6.01 Å². The van der Waals surface area contributed by atoms with E-state index in [1.165, 1.54) is 31.5 Å². The fraction of sp³-hybridized carbons (Fsp3) is 0.348. The number of hydrogen-bond acceptors (Lipinski definition) is 7. The summed E-state index contributed by atoms with van der Waals surface area (Å²) >= 11 is 6.23. The highest BCUT2D eigenvalue weighted by Gasteiger charge is 2.23. The highest BCUT2D eigenvalue weighted by atomic mass is 35.5. The largest absolute Gasteiger partial charge is 0.467 e. The molecule has 0 radical (unpaired) electrons. The molecule has 34 heavy (non-hydrogen) atoms. The fourth-order valence-electron chi connectivity index (χ4n) is 4.09. The van der Waals surface area contributed by atoms with Crippen molar-refractivity contribution in [2.24, 2.45) is 11.7 Å². The number of pyridine rings is 1. The van der Waals surface area contributed by atoms with Gasteiger partial charge in [0.15, 0.2) is 0 Å². The summed E-state index contributed by atoms with van der Waals surface area (Å²) in [6.45, 7) is 0.515. The molecule has 2 amide bonds. The predicted octanol–water partition coefficient (Wildman–Crippen LogP) is 2.48. The van der Waals surface area contributed by atoms with Crippen LogP contribution in [0, 0.1) is 5.92 Å². The third kappa shape index (κ3) is 5.18. The third-order valence-corrected chi connectivity index (χ3v) is 6.32. The number of ether oxygens (including phenoxy) is 1. The maximum Gasteiger partial charge on any atom is 0.318 e. The molecule has 1 aliphatic carbocycles. The van der Waals surface area contributed by atoms with Gasteiger partial charge in [-0.3, -0.25) is 14.4 Å². The Hall–Kier alpha value is -3.50. The molecule has 178 valence electrons.